The van der Waals surface area contributed by atoms with E-state index in [0.29, 0.717) is 40.5 Å². The van der Waals surface area contributed by atoms with Gasteiger partial charge < -0.3 is 0 Å². The Balaban J connectivity index is 1.24. The molecule has 2 aliphatic carbocycles. The summed E-state index contributed by atoms with van der Waals surface area (Å²) in [6, 6.07) is 6.46. The molecule has 0 amide bonds. The maximum atomic E-state index is 13.3. The molecule has 1 aromatic carbocycles. The van der Waals surface area contributed by atoms with E-state index >= 15 is 0 Å². The number of nitrogens with one attached hydrogen (secondary N) is 2. The quantitative estimate of drug-likeness (QED) is 0.490. The van der Waals surface area contributed by atoms with Gasteiger partial charge >= 0.3 is 195 Å². The van der Waals surface area contributed by atoms with Gasteiger partial charge in [-0.25, -0.2) is 0 Å². The van der Waals surface area contributed by atoms with Crippen molar-refractivity contribution >= 4 is 30.2 Å². The van der Waals surface area contributed by atoms with Crippen LogP contribution < -0.4 is 20.7 Å². The summed E-state index contributed by atoms with van der Waals surface area (Å²) < 4.78 is 45.5. The van der Waals surface area contributed by atoms with Crippen LogP contribution in [-0.4, -0.2) is 64.5 Å². The number of hydrogen-bond donors (Lipinski definition) is 3. The Morgan fingerprint density at radius 2 is 1.89 bits per heavy atom. The number of anilines is 3. The molecule has 0 unspecified atom stereocenters. The van der Waals surface area contributed by atoms with E-state index < -0.39 is 19.2 Å². The summed E-state index contributed by atoms with van der Waals surface area (Å²) in [7, 11) is -0.998. The molecule has 4 aliphatic rings. The van der Waals surface area contributed by atoms with Crippen LogP contribution in [0, 0.1) is 0 Å². The Hall–Kier alpha value is -2.42. The molecule has 2 aliphatic heterocycles. The number of nitrogens with zero attached hydrogens (tertiary/aromatic N) is 3. The van der Waals surface area contributed by atoms with E-state index in [-0.39, 0.29) is 12.3 Å². The Morgan fingerprint density at radius 3 is 2.53 bits per heavy atom. The van der Waals surface area contributed by atoms with Gasteiger partial charge in [-0.15, -0.1) is 0 Å². The fourth-order valence-corrected chi connectivity index (χ4v) is 8.25. The van der Waals surface area contributed by atoms with Crippen molar-refractivity contribution in [1.82, 2.24) is 14.9 Å². The van der Waals surface area contributed by atoms with Gasteiger partial charge in [0.05, 0.1) is 0 Å². The number of allylic oxidation sites excluding steroid dienone is 1. The van der Waals surface area contributed by atoms with E-state index in [2.05, 4.69) is 25.5 Å². The summed E-state index contributed by atoms with van der Waals surface area (Å²) in [6.07, 6.45) is 2.38. The number of benzene rings is 1. The second-order valence-corrected chi connectivity index (χ2v) is 14.0. The van der Waals surface area contributed by atoms with Crippen LogP contribution in [0.25, 0.3) is 0 Å². The van der Waals surface area contributed by atoms with Crippen molar-refractivity contribution < 1.29 is 22.8 Å². The van der Waals surface area contributed by atoms with E-state index in [0.717, 1.165) is 49.8 Å². The number of halogens is 3. The molecule has 36 heavy (non-hydrogen) atoms. The average Bonchev–Trinajstić information content (AvgIpc) is 3.76. The van der Waals surface area contributed by atoms with E-state index in [1.165, 1.54) is 12.8 Å². The van der Waals surface area contributed by atoms with Crippen molar-refractivity contribution in [2.24, 2.45) is 0 Å². The molecule has 1 saturated heterocycles. The molecule has 11 heteroatoms. The molecule has 1 aromatic heterocycles. The number of fused-ring (bicyclic) bond motifs is 1. The van der Waals surface area contributed by atoms with E-state index in [1.54, 1.807) is 7.11 Å². The molecule has 2 aromatic rings. The molecule has 194 valence electrons. The minimum atomic E-state index is -4.39. The van der Waals surface area contributed by atoms with Gasteiger partial charge in [0.2, 0.25) is 0 Å². The first-order chi connectivity index (χ1) is 17.2. The van der Waals surface area contributed by atoms with Crippen LogP contribution in [0.1, 0.15) is 42.9 Å². The Labute approximate surface area is 208 Å². The molecular weight excluding hydrogens is 490 g/mol. The standard InChI is InChI=1S/C25H31F3N5O2P/c1-35-21-13-18(36(34)10-8-33(9-11-36)17-4-5-17)6-7-20(21)30-24-31-22(15-2-3-15)19-12-16(25(26,27)28)14-29-23(19)32-24/h6-7,13-15,17,34,36H,2-5,8-12H2,1H3,(H2,29,30,31,32). The van der Waals surface area contributed by atoms with Gasteiger partial charge in [0.1, 0.15) is 0 Å². The van der Waals surface area contributed by atoms with Crippen molar-refractivity contribution in [3.63, 3.8) is 0 Å². The van der Waals surface area contributed by atoms with Crippen molar-refractivity contribution in [1.29, 1.82) is 0 Å². The van der Waals surface area contributed by atoms with E-state index in [1.807, 2.05) is 18.2 Å². The van der Waals surface area contributed by atoms with Gasteiger partial charge in [-0.2, -0.15) is 13.2 Å². The summed E-state index contributed by atoms with van der Waals surface area (Å²) in [5.41, 5.74) is 1.22. The van der Waals surface area contributed by atoms with Crippen LogP contribution in [0.15, 0.2) is 30.0 Å². The Morgan fingerprint density at radius 1 is 1.14 bits per heavy atom. The van der Waals surface area contributed by atoms with Gasteiger partial charge in [-0.05, 0) is 0 Å². The fraction of sp³-hybridized carbons (Fsp3) is 0.520. The normalized spacial score (nSPS) is 22.8. The van der Waals surface area contributed by atoms with Crippen LogP contribution in [0.4, 0.5) is 30.6 Å². The Bertz CT molecular complexity index is 1200. The van der Waals surface area contributed by atoms with Crippen LogP contribution in [0.2, 0.25) is 0 Å². The number of alkyl halides is 3. The zero-order valence-electron chi connectivity index (χ0n) is 20.2. The van der Waals surface area contributed by atoms with Crippen molar-refractivity contribution in [3.8, 4) is 5.75 Å². The second kappa shape index (κ2) is 8.85. The maximum absolute atomic E-state index is 13.3. The van der Waals surface area contributed by atoms with Crippen LogP contribution in [0.3, 0.4) is 0 Å². The SMILES string of the molecule is COc1cc([PH]2(O)CCN(C3CC3)CC2)ccc1Nc1nc2c(c(C3CC3)n1)CC(C(F)(F)F)=CN2. The first kappa shape index (κ1) is 23.9. The van der Waals surface area contributed by atoms with Gasteiger partial charge in [-0.3, -0.25) is 0 Å². The molecule has 0 radical (unpaired) electrons. The molecule has 2 saturated carbocycles. The van der Waals surface area contributed by atoms with Gasteiger partial charge in [0, 0.05) is 0 Å². The molecule has 0 atom stereocenters. The summed E-state index contributed by atoms with van der Waals surface area (Å²) in [6.45, 7) is 1.89. The fourth-order valence-electron chi connectivity index (χ4n) is 5.32. The molecule has 0 spiro atoms. The monoisotopic (exact) mass is 521 g/mol. The van der Waals surface area contributed by atoms with Gasteiger partial charge in [0.15, 0.2) is 0 Å². The third-order valence-corrected chi connectivity index (χ3v) is 11.3. The molecule has 3 heterocycles. The zero-order chi connectivity index (χ0) is 25.1. The predicted octanol–water partition coefficient (Wildman–Crippen LogP) is 4.28. The molecule has 3 N–H and O–H groups in total. The molecule has 7 nitrogen and oxygen atoms in total. The second-order valence-electron chi connectivity index (χ2n) is 10.4. The Kier molecular flexibility index (Phi) is 5.89. The molecule has 0 bridgehead atoms. The summed E-state index contributed by atoms with van der Waals surface area (Å²) in [4.78, 5) is 23.1. The van der Waals surface area contributed by atoms with E-state index in [4.69, 9.17) is 4.74 Å². The number of methoxy groups -OCH3 is 1. The first-order valence-electron chi connectivity index (χ1n) is 12.6. The topological polar surface area (TPSA) is 82.5 Å². The van der Waals surface area contributed by atoms with Crippen LogP contribution >= 0.6 is 7.49 Å². The summed E-state index contributed by atoms with van der Waals surface area (Å²) in [5.74, 6) is 1.45. The van der Waals surface area contributed by atoms with Crippen molar-refractivity contribution in [2.45, 2.75) is 50.2 Å². The number of ether oxygens (including phenoxy) is 1. The molecular formula is C25H31F3N5O2P. The first-order valence-corrected chi connectivity index (χ1v) is 15.0. The van der Waals surface area contributed by atoms with Gasteiger partial charge in [-0.1, -0.05) is 0 Å². The third kappa shape index (κ3) is 4.66. The van der Waals surface area contributed by atoms with Crippen molar-refractivity contribution in [2.75, 3.05) is 43.2 Å². The number of rotatable bonds is 6. The average molecular weight is 522 g/mol. The minimum absolute atomic E-state index is 0.155. The van der Waals surface area contributed by atoms with Crippen molar-refractivity contribution in [3.05, 3.63) is 41.2 Å². The number of hydrogen-bond acceptors (Lipinski definition) is 7. The number of aromatic nitrogens is 2. The van der Waals surface area contributed by atoms with Crippen LogP contribution in [-0.2, 0) is 6.42 Å². The predicted molar refractivity (Wildman–Crippen MR) is 136 cm³/mol. The molecule has 6 rings (SSSR count). The third-order valence-electron chi connectivity index (χ3n) is 7.79. The van der Waals surface area contributed by atoms with E-state index in [9.17, 15) is 18.1 Å². The van der Waals surface area contributed by atoms with Crippen LogP contribution in [0.5, 0.6) is 5.75 Å². The summed E-state index contributed by atoms with van der Waals surface area (Å²) in [5, 5.41) is 6.90. The zero-order valence-corrected chi connectivity index (χ0v) is 21.2. The summed E-state index contributed by atoms with van der Waals surface area (Å²) >= 11 is 0. The molecule has 3 fully saturated rings. The van der Waals surface area contributed by atoms with Gasteiger partial charge in [0.25, 0.3) is 0 Å².